The van der Waals surface area contributed by atoms with E-state index in [1.807, 2.05) is 27.7 Å². The molecule has 2 unspecified atom stereocenters. The molecule has 0 aromatic carbocycles. The van der Waals surface area contributed by atoms with Gasteiger partial charge in [0.25, 0.3) is 0 Å². The van der Waals surface area contributed by atoms with E-state index in [1.165, 1.54) is 0 Å². The van der Waals surface area contributed by atoms with Crippen molar-refractivity contribution in [2.75, 3.05) is 33.0 Å². The first-order chi connectivity index (χ1) is 7.08. The molecule has 0 aliphatic carbocycles. The number of aliphatic hydroxyl groups excluding tert-OH is 1. The quantitative estimate of drug-likeness (QED) is 0.602. The van der Waals surface area contributed by atoms with Gasteiger partial charge in [-0.25, -0.2) is 0 Å². The summed E-state index contributed by atoms with van der Waals surface area (Å²) in [5.74, 6) is 0. The maximum absolute atomic E-state index is 9.23. The first-order valence-electron chi connectivity index (χ1n) is 5.63. The third-order valence-corrected chi connectivity index (χ3v) is 2.20. The third kappa shape index (κ3) is 6.84. The first-order valence-corrected chi connectivity index (χ1v) is 5.63. The Balaban J connectivity index is 3.78. The van der Waals surface area contributed by atoms with Gasteiger partial charge in [-0.2, -0.15) is 0 Å². The van der Waals surface area contributed by atoms with Crippen LogP contribution in [0.1, 0.15) is 27.7 Å². The second-order valence-electron chi connectivity index (χ2n) is 4.03. The minimum absolute atomic E-state index is 0.0643. The summed E-state index contributed by atoms with van der Waals surface area (Å²) in [5, 5.41) is 12.4. The standard InChI is InChI=1S/C11H25NO3/c1-5-12-11(4,8-13)9-15-10(3)7-14-6-2/h10,12-13H,5-9H2,1-4H3. The Morgan fingerprint density at radius 1 is 1.40 bits per heavy atom. The summed E-state index contributed by atoms with van der Waals surface area (Å²) in [4.78, 5) is 0. The normalized spacial score (nSPS) is 17.4. The minimum atomic E-state index is -0.352. The van der Waals surface area contributed by atoms with Crippen molar-refractivity contribution < 1.29 is 14.6 Å². The molecule has 0 heterocycles. The van der Waals surface area contributed by atoms with Crippen LogP contribution in [0.25, 0.3) is 0 Å². The summed E-state index contributed by atoms with van der Waals surface area (Å²) in [6, 6.07) is 0. The predicted octanol–water partition coefficient (Wildman–Crippen LogP) is 0.788. The van der Waals surface area contributed by atoms with Gasteiger partial charge in [0.15, 0.2) is 0 Å². The lowest BCUT2D eigenvalue weighted by molar-refractivity contribution is -0.0349. The van der Waals surface area contributed by atoms with E-state index in [9.17, 15) is 5.11 Å². The van der Waals surface area contributed by atoms with E-state index >= 15 is 0 Å². The van der Waals surface area contributed by atoms with Crippen molar-refractivity contribution in [1.82, 2.24) is 5.32 Å². The SMILES string of the molecule is CCNC(C)(CO)COC(C)COCC. The Labute approximate surface area is 93.0 Å². The summed E-state index contributed by atoms with van der Waals surface area (Å²) in [6.45, 7) is 10.6. The molecule has 0 aliphatic rings. The van der Waals surface area contributed by atoms with E-state index in [1.54, 1.807) is 0 Å². The van der Waals surface area contributed by atoms with Crippen LogP contribution in [-0.4, -0.2) is 49.7 Å². The number of ether oxygens (including phenoxy) is 2. The summed E-state index contributed by atoms with van der Waals surface area (Å²) in [6.07, 6.45) is 0.0643. The highest BCUT2D eigenvalue weighted by Crippen LogP contribution is 2.05. The highest BCUT2D eigenvalue weighted by atomic mass is 16.5. The topological polar surface area (TPSA) is 50.7 Å². The number of nitrogens with one attached hydrogen (secondary N) is 1. The zero-order valence-corrected chi connectivity index (χ0v) is 10.4. The van der Waals surface area contributed by atoms with E-state index in [0.717, 1.165) is 6.54 Å². The Bertz CT molecular complexity index is 155. The molecule has 0 radical (unpaired) electrons. The van der Waals surface area contributed by atoms with Crippen molar-refractivity contribution in [3.8, 4) is 0 Å². The molecular formula is C11H25NO3. The van der Waals surface area contributed by atoms with Crippen LogP contribution in [0.2, 0.25) is 0 Å². The van der Waals surface area contributed by atoms with Crippen LogP contribution in [-0.2, 0) is 9.47 Å². The van der Waals surface area contributed by atoms with E-state index in [-0.39, 0.29) is 18.2 Å². The molecule has 92 valence electrons. The predicted molar refractivity (Wildman–Crippen MR) is 61.1 cm³/mol. The lowest BCUT2D eigenvalue weighted by Crippen LogP contribution is -2.50. The lowest BCUT2D eigenvalue weighted by Gasteiger charge is -2.29. The maximum Gasteiger partial charge on any atom is 0.0781 e. The minimum Gasteiger partial charge on any atom is -0.394 e. The summed E-state index contributed by atoms with van der Waals surface area (Å²) >= 11 is 0. The molecule has 0 amide bonds. The molecule has 0 saturated heterocycles. The fraction of sp³-hybridized carbons (Fsp3) is 1.00. The molecule has 0 saturated carbocycles. The van der Waals surface area contributed by atoms with Gasteiger partial charge in [0.05, 0.1) is 31.5 Å². The Morgan fingerprint density at radius 3 is 2.53 bits per heavy atom. The van der Waals surface area contributed by atoms with Crippen molar-refractivity contribution in [3.05, 3.63) is 0 Å². The Hall–Kier alpha value is -0.160. The molecule has 2 N–H and O–H groups in total. The van der Waals surface area contributed by atoms with Gasteiger partial charge in [-0.1, -0.05) is 6.92 Å². The number of hydrogen-bond donors (Lipinski definition) is 2. The summed E-state index contributed by atoms with van der Waals surface area (Å²) in [5.41, 5.74) is -0.352. The first kappa shape index (κ1) is 14.8. The van der Waals surface area contributed by atoms with Crippen molar-refractivity contribution in [2.24, 2.45) is 0 Å². The molecule has 0 spiro atoms. The summed E-state index contributed by atoms with van der Waals surface area (Å²) in [7, 11) is 0. The molecule has 4 heteroatoms. The van der Waals surface area contributed by atoms with Gasteiger partial charge in [0.1, 0.15) is 0 Å². The zero-order chi connectivity index (χ0) is 11.7. The number of hydrogen-bond acceptors (Lipinski definition) is 4. The van der Waals surface area contributed by atoms with Crippen molar-refractivity contribution in [1.29, 1.82) is 0 Å². The molecule has 0 aliphatic heterocycles. The maximum atomic E-state index is 9.23. The zero-order valence-electron chi connectivity index (χ0n) is 10.4. The second kappa shape index (κ2) is 8.05. The van der Waals surface area contributed by atoms with Crippen LogP contribution in [0.4, 0.5) is 0 Å². The summed E-state index contributed by atoms with van der Waals surface area (Å²) < 4.78 is 10.9. The number of rotatable bonds is 9. The van der Waals surface area contributed by atoms with Crippen molar-refractivity contribution >= 4 is 0 Å². The number of likely N-dealkylation sites (N-methyl/N-ethyl adjacent to an activating group) is 1. The van der Waals surface area contributed by atoms with Crippen LogP contribution in [0.15, 0.2) is 0 Å². The molecular weight excluding hydrogens is 194 g/mol. The average molecular weight is 219 g/mol. The van der Waals surface area contributed by atoms with Crippen molar-refractivity contribution in [2.45, 2.75) is 39.3 Å². The van der Waals surface area contributed by atoms with Crippen LogP contribution in [0.5, 0.6) is 0 Å². The smallest absolute Gasteiger partial charge is 0.0781 e. The van der Waals surface area contributed by atoms with Gasteiger partial charge >= 0.3 is 0 Å². The second-order valence-corrected chi connectivity index (χ2v) is 4.03. The van der Waals surface area contributed by atoms with Gasteiger partial charge in [-0.3, -0.25) is 0 Å². The van der Waals surface area contributed by atoms with E-state index in [2.05, 4.69) is 5.32 Å². The van der Waals surface area contributed by atoms with E-state index in [4.69, 9.17) is 9.47 Å². The fourth-order valence-corrected chi connectivity index (χ4v) is 1.24. The molecule has 0 aromatic heterocycles. The van der Waals surface area contributed by atoms with Gasteiger partial charge in [-0.05, 0) is 27.3 Å². The highest BCUT2D eigenvalue weighted by molar-refractivity contribution is 4.81. The third-order valence-electron chi connectivity index (χ3n) is 2.20. The fourth-order valence-electron chi connectivity index (χ4n) is 1.24. The van der Waals surface area contributed by atoms with Crippen molar-refractivity contribution in [3.63, 3.8) is 0 Å². The van der Waals surface area contributed by atoms with Gasteiger partial charge in [0, 0.05) is 6.61 Å². The number of aliphatic hydroxyl groups is 1. The molecule has 0 bridgehead atoms. The molecule has 2 atom stereocenters. The molecule has 0 aromatic rings. The van der Waals surface area contributed by atoms with E-state index in [0.29, 0.717) is 19.8 Å². The van der Waals surface area contributed by atoms with Gasteiger partial charge in [-0.15, -0.1) is 0 Å². The molecule has 15 heavy (non-hydrogen) atoms. The van der Waals surface area contributed by atoms with Gasteiger partial charge < -0.3 is 19.9 Å². The van der Waals surface area contributed by atoms with Crippen LogP contribution >= 0.6 is 0 Å². The lowest BCUT2D eigenvalue weighted by atomic mass is 10.1. The average Bonchev–Trinajstić information content (AvgIpc) is 2.24. The largest absolute Gasteiger partial charge is 0.394 e. The van der Waals surface area contributed by atoms with Gasteiger partial charge in [0.2, 0.25) is 0 Å². The van der Waals surface area contributed by atoms with Crippen LogP contribution < -0.4 is 5.32 Å². The highest BCUT2D eigenvalue weighted by Gasteiger charge is 2.23. The molecule has 0 fully saturated rings. The van der Waals surface area contributed by atoms with Crippen LogP contribution in [0, 0.1) is 0 Å². The molecule has 0 rings (SSSR count). The van der Waals surface area contributed by atoms with Crippen LogP contribution in [0.3, 0.4) is 0 Å². The Kier molecular flexibility index (Phi) is 7.96. The Morgan fingerprint density at radius 2 is 2.07 bits per heavy atom. The van der Waals surface area contributed by atoms with E-state index < -0.39 is 0 Å². The molecule has 4 nitrogen and oxygen atoms in total. The monoisotopic (exact) mass is 219 g/mol.